The Kier molecular flexibility index (Phi) is 4.45. The number of sulfone groups is 1. The first kappa shape index (κ1) is 13.4. The predicted molar refractivity (Wildman–Crippen MR) is 65.2 cm³/mol. The molecule has 1 aromatic rings. The van der Waals surface area contributed by atoms with Crippen molar-refractivity contribution in [1.82, 2.24) is 0 Å². The predicted octanol–water partition coefficient (Wildman–Crippen LogP) is 1.67. The molecule has 0 atom stereocenters. The molecule has 0 bridgehead atoms. The Labute approximate surface area is 101 Å². The average Bonchev–Trinajstić information content (AvgIpc) is 2.26. The largest absolute Gasteiger partial charge is 0.463 e. The summed E-state index contributed by atoms with van der Waals surface area (Å²) in [6, 6.07) is 6.48. The molecule has 0 heterocycles. The van der Waals surface area contributed by atoms with Crippen molar-refractivity contribution in [2.24, 2.45) is 0 Å². The molecule has 0 unspecified atom stereocenters. The van der Waals surface area contributed by atoms with Crippen molar-refractivity contribution in [1.29, 1.82) is 0 Å². The zero-order valence-corrected chi connectivity index (χ0v) is 10.5. The molecule has 0 fully saturated rings. The zero-order chi connectivity index (χ0) is 12.9. The lowest BCUT2D eigenvalue weighted by molar-refractivity contribution is -0.137. The maximum Gasteiger partial charge on any atom is 0.330 e. The van der Waals surface area contributed by atoms with E-state index in [4.69, 9.17) is 4.74 Å². The highest BCUT2D eigenvalue weighted by Gasteiger charge is 2.10. The van der Waals surface area contributed by atoms with E-state index in [1.165, 1.54) is 18.2 Å². The summed E-state index contributed by atoms with van der Waals surface area (Å²) >= 11 is 0. The van der Waals surface area contributed by atoms with Gasteiger partial charge < -0.3 is 4.74 Å². The molecule has 0 aliphatic heterocycles. The van der Waals surface area contributed by atoms with E-state index in [1.807, 2.05) is 0 Å². The SMILES string of the molecule is CCOC(=O)C=Cc1ccccc1S(C)(=O)=O. The number of carbonyl (C=O) groups is 1. The monoisotopic (exact) mass is 254 g/mol. The van der Waals surface area contributed by atoms with E-state index in [0.29, 0.717) is 5.56 Å². The van der Waals surface area contributed by atoms with E-state index >= 15 is 0 Å². The molecule has 0 radical (unpaired) electrons. The lowest BCUT2D eigenvalue weighted by atomic mass is 10.2. The van der Waals surface area contributed by atoms with E-state index in [0.717, 1.165) is 6.26 Å². The molecule has 1 aromatic carbocycles. The molecular weight excluding hydrogens is 240 g/mol. The fourth-order valence-corrected chi connectivity index (χ4v) is 2.19. The Hall–Kier alpha value is -1.62. The van der Waals surface area contributed by atoms with Crippen LogP contribution in [0.3, 0.4) is 0 Å². The van der Waals surface area contributed by atoms with Crippen LogP contribution in [0.1, 0.15) is 12.5 Å². The summed E-state index contributed by atoms with van der Waals surface area (Å²) < 4.78 is 27.7. The van der Waals surface area contributed by atoms with Gasteiger partial charge in [0, 0.05) is 12.3 Å². The molecular formula is C12H14O4S. The topological polar surface area (TPSA) is 60.4 Å². The highest BCUT2D eigenvalue weighted by molar-refractivity contribution is 7.90. The van der Waals surface area contributed by atoms with Gasteiger partial charge in [-0.05, 0) is 24.6 Å². The molecule has 0 saturated carbocycles. The Morgan fingerprint density at radius 1 is 1.35 bits per heavy atom. The minimum absolute atomic E-state index is 0.195. The number of benzene rings is 1. The lowest BCUT2D eigenvalue weighted by Gasteiger charge is -2.02. The van der Waals surface area contributed by atoms with Crippen molar-refractivity contribution in [3.63, 3.8) is 0 Å². The van der Waals surface area contributed by atoms with Crippen LogP contribution in [0.2, 0.25) is 0 Å². The van der Waals surface area contributed by atoms with Crippen LogP contribution >= 0.6 is 0 Å². The summed E-state index contributed by atoms with van der Waals surface area (Å²) in [5.74, 6) is -0.490. The number of esters is 1. The van der Waals surface area contributed by atoms with Crippen molar-refractivity contribution in [3.8, 4) is 0 Å². The maximum absolute atomic E-state index is 11.5. The molecule has 5 heteroatoms. The fraction of sp³-hybridized carbons (Fsp3) is 0.250. The van der Waals surface area contributed by atoms with Crippen LogP contribution in [0.15, 0.2) is 35.2 Å². The number of rotatable bonds is 4. The van der Waals surface area contributed by atoms with Crippen LogP contribution in [0, 0.1) is 0 Å². The van der Waals surface area contributed by atoms with E-state index in [1.54, 1.807) is 25.1 Å². The van der Waals surface area contributed by atoms with Gasteiger partial charge in [0.15, 0.2) is 9.84 Å². The van der Waals surface area contributed by atoms with Crippen molar-refractivity contribution in [3.05, 3.63) is 35.9 Å². The third-order valence-electron chi connectivity index (χ3n) is 2.00. The Bertz CT molecular complexity index is 529. The van der Waals surface area contributed by atoms with Crippen LogP contribution in [0.25, 0.3) is 6.08 Å². The van der Waals surface area contributed by atoms with Gasteiger partial charge >= 0.3 is 5.97 Å². The van der Waals surface area contributed by atoms with Crippen molar-refractivity contribution in [2.75, 3.05) is 12.9 Å². The van der Waals surface area contributed by atoms with E-state index in [9.17, 15) is 13.2 Å². The number of hydrogen-bond acceptors (Lipinski definition) is 4. The first-order valence-electron chi connectivity index (χ1n) is 5.09. The van der Waals surface area contributed by atoms with Crippen LogP contribution in [-0.4, -0.2) is 27.2 Å². The van der Waals surface area contributed by atoms with E-state index in [-0.39, 0.29) is 11.5 Å². The number of hydrogen-bond donors (Lipinski definition) is 0. The van der Waals surface area contributed by atoms with Crippen LogP contribution in [0.4, 0.5) is 0 Å². The van der Waals surface area contributed by atoms with Crippen LogP contribution in [0.5, 0.6) is 0 Å². The van der Waals surface area contributed by atoms with Gasteiger partial charge in [-0.3, -0.25) is 0 Å². The quantitative estimate of drug-likeness (QED) is 0.605. The summed E-state index contributed by atoms with van der Waals surface area (Å²) in [5, 5.41) is 0. The second-order valence-electron chi connectivity index (χ2n) is 3.40. The highest BCUT2D eigenvalue weighted by Crippen LogP contribution is 2.16. The molecule has 0 aliphatic rings. The van der Waals surface area contributed by atoms with Crippen molar-refractivity contribution in [2.45, 2.75) is 11.8 Å². The van der Waals surface area contributed by atoms with Gasteiger partial charge in [-0.15, -0.1) is 0 Å². The molecule has 0 spiro atoms. The van der Waals surface area contributed by atoms with Gasteiger partial charge in [0.05, 0.1) is 11.5 Å². The first-order valence-corrected chi connectivity index (χ1v) is 6.98. The third-order valence-corrected chi connectivity index (χ3v) is 3.17. The summed E-state index contributed by atoms with van der Waals surface area (Å²) in [5.41, 5.74) is 0.475. The molecule has 0 saturated heterocycles. The molecule has 4 nitrogen and oxygen atoms in total. The van der Waals surface area contributed by atoms with Crippen LogP contribution in [-0.2, 0) is 19.4 Å². The van der Waals surface area contributed by atoms with Gasteiger partial charge in [-0.25, -0.2) is 13.2 Å². The highest BCUT2D eigenvalue weighted by atomic mass is 32.2. The van der Waals surface area contributed by atoms with Gasteiger partial charge in [0.1, 0.15) is 0 Å². The van der Waals surface area contributed by atoms with Gasteiger partial charge in [0.25, 0.3) is 0 Å². The zero-order valence-electron chi connectivity index (χ0n) is 9.71. The van der Waals surface area contributed by atoms with Crippen molar-refractivity contribution < 1.29 is 17.9 Å². The Morgan fingerprint density at radius 3 is 2.59 bits per heavy atom. The number of ether oxygens (including phenoxy) is 1. The standard InChI is InChI=1S/C12H14O4S/c1-3-16-12(13)9-8-10-6-4-5-7-11(10)17(2,14)15/h4-9H,3H2,1-2H3. The second-order valence-corrected chi connectivity index (χ2v) is 5.38. The fourth-order valence-electron chi connectivity index (χ4n) is 1.30. The maximum atomic E-state index is 11.5. The van der Waals surface area contributed by atoms with E-state index < -0.39 is 15.8 Å². The summed E-state index contributed by atoms with van der Waals surface area (Å²) in [4.78, 5) is 11.3. The van der Waals surface area contributed by atoms with E-state index in [2.05, 4.69) is 0 Å². The van der Waals surface area contributed by atoms with Crippen molar-refractivity contribution >= 4 is 21.9 Å². The minimum Gasteiger partial charge on any atom is -0.463 e. The second kappa shape index (κ2) is 5.63. The third kappa shape index (κ3) is 4.03. The molecule has 0 N–H and O–H groups in total. The Balaban J connectivity index is 3.04. The molecule has 0 amide bonds. The molecule has 17 heavy (non-hydrogen) atoms. The minimum atomic E-state index is -3.30. The molecule has 0 aliphatic carbocycles. The lowest BCUT2D eigenvalue weighted by Crippen LogP contribution is -2.01. The van der Waals surface area contributed by atoms with Gasteiger partial charge in [-0.1, -0.05) is 18.2 Å². The molecule has 92 valence electrons. The Morgan fingerprint density at radius 2 is 2.00 bits per heavy atom. The molecule has 0 aromatic heterocycles. The average molecular weight is 254 g/mol. The van der Waals surface area contributed by atoms with Gasteiger partial charge in [-0.2, -0.15) is 0 Å². The van der Waals surface area contributed by atoms with Crippen LogP contribution < -0.4 is 0 Å². The smallest absolute Gasteiger partial charge is 0.330 e. The summed E-state index contributed by atoms with van der Waals surface area (Å²) in [6.07, 6.45) is 3.78. The number of carbonyl (C=O) groups excluding carboxylic acids is 1. The van der Waals surface area contributed by atoms with Gasteiger partial charge in [0.2, 0.25) is 0 Å². The normalized spacial score (nSPS) is 11.6. The molecule has 1 rings (SSSR count). The summed E-state index contributed by atoms with van der Waals surface area (Å²) in [7, 11) is -3.30. The summed E-state index contributed by atoms with van der Waals surface area (Å²) in [6.45, 7) is 1.99. The first-order chi connectivity index (χ1) is 7.95.